The van der Waals surface area contributed by atoms with Gasteiger partial charge in [0.1, 0.15) is 0 Å². The fourth-order valence-corrected chi connectivity index (χ4v) is 1.89. The summed E-state index contributed by atoms with van der Waals surface area (Å²) in [5, 5.41) is 0.234. The molecule has 0 aliphatic carbocycles. The summed E-state index contributed by atoms with van der Waals surface area (Å²) in [4.78, 5) is 21.5. The normalized spacial score (nSPS) is 19.5. The number of carbonyl (C=O) groups excluding carboxylic acids is 1. The average Bonchev–Trinajstić information content (AvgIpc) is 2.70. The van der Waals surface area contributed by atoms with Gasteiger partial charge in [-0.15, -0.1) is 6.58 Å². The molecule has 1 aromatic heterocycles. The molecule has 1 saturated heterocycles. The Kier molecular flexibility index (Phi) is 3.28. The van der Waals surface area contributed by atoms with Gasteiger partial charge in [0.05, 0.1) is 13.3 Å². The third-order valence-electron chi connectivity index (χ3n) is 2.63. The Bertz CT molecular complexity index is 464. The zero-order valence-electron chi connectivity index (χ0n) is 9.39. The molecule has 0 spiro atoms. The number of methoxy groups -OCH3 is 1. The molecule has 1 fully saturated rings. The summed E-state index contributed by atoms with van der Waals surface area (Å²) >= 11 is 5.72. The second-order valence-electron chi connectivity index (χ2n) is 3.73. The maximum atomic E-state index is 11.8. The Morgan fingerprint density at radius 2 is 2.47 bits per heavy atom. The molecule has 0 aromatic carbocycles. The van der Waals surface area contributed by atoms with Crippen molar-refractivity contribution in [2.75, 3.05) is 18.6 Å². The van der Waals surface area contributed by atoms with Crippen LogP contribution in [0, 0.1) is 5.92 Å². The molecule has 1 atom stereocenters. The summed E-state index contributed by atoms with van der Waals surface area (Å²) in [6.07, 6.45) is 3.61. The van der Waals surface area contributed by atoms with E-state index >= 15 is 0 Å². The zero-order chi connectivity index (χ0) is 12.4. The molecule has 2 rings (SSSR count). The fraction of sp³-hybridized carbons (Fsp3) is 0.364. The lowest BCUT2D eigenvalue weighted by Gasteiger charge is -2.16. The Morgan fingerprint density at radius 3 is 3.06 bits per heavy atom. The molecule has 6 heteroatoms. The van der Waals surface area contributed by atoms with Crippen LogP contribution in [0.25, 0.3) is 0 Å². The molecule has 1 unspecified atom stereocenters. The maximum absolute atomic E-state index is 11.8. The third-order valence-corrected chi connectivity index (χ3v) is 2.81. The van der Waals surface area contributed by atoms with Crippen LogP contribution in [0.4, 0.5) is 5.82 Å². The van der Waals surface area contributed by atoms with E-state index in [9.17, 15) is 4.79 Å². The number of anilines is 1. The highest BCUT2D eigenvalue weighted by Gasteiger charge is 2.32. The lowest BCUT2D eigenvalue weighted by atomic mass is 10.1. The predicted octanol–water partition coefficient (Wildman–Crippen LogP) is 1.68. The van der Waals surface area contributed by atoms with Crippen molar-refractivity contribution in [3.05, 3.63) is 24.0 Å². The number of aromatic nitrogens is 2. The molecule has 0 N–H and O–H groups in total. The van der Waals surface area contributed by atoms with Crippen molar-refractivity contribution < 1.29 is 9.53 Å². The van der Waals surface area contributed by atoms with Crippen LogP contribution < -0.4 is 9.64 Å². The first-order valence-corrected chi connectivity index (χ1v) is 5.53. The van der Waals surface area contributed by atoms with Crippen molar-refractivity contribution >= 4 is 23.3 Å². The van der Waals surface area contributed by atoms with Crippen LogP contribution in [-0.4, -0.2) is 29.5 Å². The van der Waals surface area contributed by atoms with Crippen LogP contribution >= 0.6 is 11.6 Å². The van der Waals surface area contributed by atoms with E-state index in [0.29, 0.717) is 18.8 Å². The average molecular weight is 254 g/mol. The first-order valence-electron chi connectivity index (χ1n) is 5.15. The van der Waals surface area contributed by atoms with Gasteiger partial charge in [-0.25, -0.2) is 4.98 Å². The summed E-state index contributed by atoms with van der Waals surface area (Å²) in [7, 11) is 1.47. The minimum Gasteiger partial charge on any atom is -0.478 e. The minimum atomic E-state index is -0.00942. The molecule has 17 heavy (non-hydrogen) atoms. The number of amides is 1. The van der Waals surface area contributed by atoms with Gasteiger partial charge in [0.25, 0.3) is 5.88 Å². The molecule has 5 nitrogen and oxygen atoms in total. The van der Waals surface area contributed by atoms with Crippen LogP contribution in [0.5, 0.6) is 5.88 Å². The summed E-state index contributed by atoms with van der Waals surface area (Å²) < 4.78 is 5.08. The van der Waals surface area contributed by atoms with E-state index in [2.05, 4.69) is 16.5 Å². The number of hydrogen-bond donors (Lipinski definition) is 0. The van der Waals surface area contributed by atoms with E-state index in [1.54, 1.807) is 11.0 Å². The number of halogens is 1. The first-order chi connectivity index (χ1) is 8.15. The number of nitrogens with zero attached hydrogens (tertiary/aromatic N) is 3. The quantitative estimate of drug-likeness (QED) is 0.769. The summed E-state index contributed by atoms with van der Waals surface area (Å²) in [6, 6.07) is 0. The van der Waals surface area contributed by atoms with Crippen molar-refractivity contribution in [3.63, 3.8) is 0 Å². The Hall–Kier alpha value is -1.62. The summed E-state index contributed by atoms with van der Waals surface area (Å²) in [5.74, 6) is 0.802. The highest BCUT2D eigenvalue weighted by Crippen LogP contribution is 2.30. The van der Waals surface area contributed by atoms with Gasteiger partial charge in [-0.05, 0) is 0 Å². The molecule has 2 heterocycles. The largest absolute Gasteiger partial charge is 0.478 e. The second kappa shape index (κ2) is 4.71. The van der Waals surface area contributed by atoms with Crippen LogP contribution in [0.3, 0.4) is 0 Å². The monoisotopic (exact) mass is 253 g/mol. The van der Waals surface area contributed by atoms with Crippen LogP contribution in [0.15, 0.2) is 18.9 Å². The van der Waals surface area contributed by atoms with Crippen molar-refractivity contribution in [1.82, 2.24) is 9.97 Å². The molecule has 1 aliphatic rings. The third kappa shape index (κ3) is 2.24. The van der Waals surface area contributed by atoms with E-state index in [0.717, 1.165) is 0 Å². The van der Waals surface area contributed by atoms with Gasteiger partial charge in [0.15, 0.2) is 11.0 Å². The summed E-state index contributed by atoms with van der Waals surface area (Å²) in [6.45, 7) is 4.25. The van der Waals surface area contributed by atoms with Gasteiger partial charge in [0.2, 0.25) is 5.91 Å². The number of rotatable bonds is 3. The van der Waals surface area contributed by atoms with E-state index in [1.165, 1.54) is 13.3 Å². The van der Waals surface area contributed by atoms with Gasteiger partial charge in [-0.2, -0.15) is 4.98 Å². The second-order valence-corrected chi connectivity index (χ2v) is 4.12. The number of carbonyl (C=O) groups is 1. The molecule has 0 saturated carbocycles. The van der Waals surface area contributed by atoms with Crippen molar-refractivity contribution in [2.45, 2.75) is 6.42 Å². The molecule has 0 radical (unpaired) electrons. The zero-order valence-corrected chi connectivity index (χ0v) is 10.1. The minimum absolute atomic E-state index is 0.00942. The molecular formula is C11H12ClN3O2. The molecule has 0 bridgehead atoms. The molecule has 1 aliphatic heterocycles. The van der Waals surface area contributed by atoms with E-state index in [-0.39, 0.29) is 22.9 Å². The molecular weight excluding hydrogens is 242 g/mol. The van der Waals surface area contributed by atoms with E-state index < -0.39 is 0 Å². The fourth-order valence-electron chi connectivity index (χ4n) is 1.77. The van der Waals surface area contributed by atoms with Gasteiger partial charge < -0.3 is 4.74 Å². The van der Waals surface area contributed by atoms with Gasteiger partial charge in [0, 0.05) is 18.9 Å². The van der Waals surface area contributed by atoms with Crippen LogP contribution in [-0.2, 0) is 4.79 Å². The predicted molar refractivity (Wildman–Crippen MR) is 64.3 cm³/mol. The number of hydrogen-bond acceptors (Lipinski definition) is 4. The van der Waals surface area contributed by atoms with Crippen molar-refractivity contribution in [3.8, 4) is 5.88 Å². The van der Waals surface area contributed by atoms with Crippen molar-refractivity contribution in [1.29, 1.82) is 0 Å². The number of ether oxygens (including phenoxy) is 1. The topological polar surface area (TPSA) is 55.3 Å². The first kappa shape index (κ1) is 11.9. The summed E-state index contributed by atoms with van der Waals surface area (Å²) in [5.41, 5.74) is 0. The molecule has 90 valence electrons. The maximum Gasteiger partial charge on any atom is 0.259 e. The Balaban J connectivity index is 2.34. The van der Waals surface area contributed by atoms with Gasteiger partial charge in [-0.1, -0.05) is 17.7 Å². The van der Waals surface area contributed by atoms with E-state index in [4.69, 9.17) is 16.3 Å². The van der Waals surface area contributed by atoms with Crippen LogP contribution in [0.2, 0.25) is 5.15 Å². The Labute approximate surface area is 104 Å². The lowest BCUT2D eigenvalue weighted by molar-refractivity contribution is -0.117. The highest BCUT2D eigenvalue weighted by atomic mass is 35.5. The van der Waals surface area contributed by atoms with E-state index in [1.807, 2.05) is 0 Å². The lowest BCUT2D eigenvalue weighted by Crippen LogP contribution is -2.26. The highest BCUT2D eigenvalue weighted by molar-refractivity contribution is 6.29. The van der Waals surface area contributed by atoms with Crippen molar-refractivity contribution in [2.24, 2.45) is 5.92 Å². The molecule has 1 amide bonds. The standard InChI is InChI=1S/C11H12ClN3O2/c1-3-7-4-9(16)15(6-7)10-11(17-2)14-8(12)5-13-10/h3,5,7H,1,4,6H2,2H3. The SMILES string of the molecule is C=CC1CC(=O)N(c2ncc(Cl)nc2OC)C1. The Morgan fingerprint density at radius 1 is 1.71 bits per heavy atom. The molecule has 1 aromatic rings. The smallest absolute Gasteiger partial charge is 0.259 e. The van der Waals surface area contributed by atoms with Gasteiger partial charge >= 0.3 is 0 Å². The van der Waals surface area contributed by atoms with Crippen LogP contribution in [0.1, 0.15) is 6.42 Å². The van der Waals surface area contributed by atoms with Gasteiger partial charge in [-0.3, -0.25) is 9.69 Å².